The highest BCUT2D eigenvalue weighted by atomic mass is 15.2. The van der Waals surface area contributed by atoms with E-state index in [2.05, 4.69) is 37.6 Å². The van der Waals surface area contributed by atoms with Crippen LogP contribution in [-0.4, -0.2) is 22.6 Å². The maximum Gasteiger partial charge on any atom is 0.137 e. The Morgan fingerprint density at radius 2 is 1.85 bits per heavy atom. The Morgan fingerprint density at radius 3 is 2.40 bits per heavy atom. The summed E-state index contributed by atoms with van der Waals surface area (Å²) in [5.41, 5.74) is 7.10. The SMILES string of the molecule is CCCCN(c1nc(CCC)nc(N)c1C)C(C)CC. The molecule has 0 aliphatic rings. The lowest BCUT2D eigenvalue weighted by Gasteiger charge is -2.31. The number of hydrogen-bond acceptors (Lipinski definition) is 4. The fraction of sp³-hybridized carbons (Fsp3) is 0.750. The number of nitrogen functional groups attached to an aromatic ring is 1. The van der Waals surface area contributed by atoms with Crippen molar-refractivity contribution in [2.75, 3.05) is 17.2 Å². The third kappa shape index (κ3) is 4.09. The molecule has 0 aliphatic heterocycles. The summed E-state index contributed by atoms with van der Waals surface area (Å²) >= 11 is 0. The predicted molar refractivity (Wildman–Crippen MR) is 87.2 cm³/mol. The van der Waals surface area contributed by atoms with E-state index >= 15 is 0 Å². The molecule has 20 heavy (non-hydrogen) atoms. The van der Waals surface area contributed by atoms with Crippen molar-refractivity contribution in [3.05, 3.63) is 11.4 Å². The van der Waals surface area contributed by atoms with Gasteiger partial charge in [-0.15, -0.1) is 0 Å². The van der Waals surface area contributed by atoms with Crippen LogP contribution in [0.4, 0.5) is 11.6 Å². The highest BCUT2D eigenvalue weighted by molar-refractivity contribution is 5.57. The second-order valence-corrected chi connectivity index (χ2v) is 5.53. The Balaban J connectivity index is 3.15. The average molecular weight is 278 g/mol. The third-order valence-electron chi connectivity index (χ3n) is 3.83. The molecule has 0 saturated heterocycles. The van der Waals surface area contributed by atoms with Crippen LogP contribution >= 0.6 is 0 Å². The van der Waals surface area contributed by atoms with Crippen molar-refractivity contribution in [2.24, 2.45) is 0 Å². The fourth-order valence-corrected chi connectivity index (χ4v) is 2.27. The smallest absolute Gasteiger partial charge is 0.137 e. The second-order valence-electron chi connectivity index (χ2n) is 5.53. The number of nitrogens with zero attached hydrogens (tertiary/aromatic N) is 3. The van der Waals surface area contributed by atoms with Gasteiger partial charge in [-0.25, -0.2) is 9.97 Å². The Bertz CT molecular complexity index is 417. The van der Waals surface area contributed by atoms with E-state index in [1.807, 2.05) is 6.92 Å². The first kappa shape index (κ1) is 16.7. The normalized spacial score (nSPS) is 12.4. The maximum atomic E-state index is 6.08. The molecule has 1 aromatic heterocycles. The van der Waals surface area contributed by atoms with E-state index in [1.165, 1.54) is 12.8 Å². The van der Waals surface area contributed by atoms with Gasteiger partial charge in [0.2, 0.25) is 0 Å². The van der Waals surface area contributed by atoms with E-state index in [9.17, 15) is 0 Å². The van der Waals surface area contributed by atoms with E-state index in [-0.39, 0.29) is 0 Å². The summed E-state index contributed by atoms with van der Waals surface area (Å²) in [7, 11) is 0. The molecule has 1 aromatic rings. The van der Waals surface area contributed by atoms with Crippen molar-refractivity contribution >= 4 is 11.6 Å². The van der Waals surface area contributed by atoms with Crippen molar-refractivity contribution in [3.63, 3.8) is 0 Å². The van der Waals surface area contributed by atoms with Crippen molar-refractivity contribution in [1.29, 1.82) is 0 Å². The van der Waals surface area contributed by atoms with Gasteiger partial charge in [-0.2, -0.15) is 0 Å². The van der Waals surface area contributed by atoms with Crippen LogP contribution in [0.1, 0.15) is 64.8 Å². The lowest BCUT2D eigenvalue weighted by Crippen LogP contribution is -2.35. The lowest BCUT2D eigenvalue weighted by molar-refractivity contribution is 0.586. The van der Waals surface area contributed by atoms with Gasteiger partial charge in [0.05, 0.1) is 0 Å². The van der Waals surface area contributed by atoms with Gasteiger partial charge >= 0.3 is 0 Å². The second kappa shape index (κ2) is 8.08. The van der Waals surface area contributed by atoms with Gasteiger partial charge in [0.1, 0.15) is 17.5 Å². The predicted octanol–water partition coefficient (Wildman–Crippen LogP) is 3.72. The zero-order valence-corrected chi connectivity index (χ0v) is 13.7. The molecule has 114 valence electrons. The quantitative estimate of drug-likeness (QED) is 0.787. The molecule has 1 rings (SSSR count). The Hall–Kier alpha value is -1.32. The summed E-state index contributed by atoms with van der Waals surface area (Å²) in [5, 5.41) is 0. The number of aryl methyl sites for hydroxylation is 1. The molecule has 1 heterocycles. The van der Waals surface area contributed by atoms with Crippen LogP contribution in [0.2, 0.25) is 0 Å². The molecule has 0 bridgehead atoms. The molecule has 1 atom stereocenters. The van der Waals surface area contributed by atoms with Crippen LogP contribution < -0.4 is 10.6 Å². The van der Waals surface area contributed by atoms with Gasteiger partial charge in [-0.1, -0.05) is 27.2 Å². The number of rotatable bonds is 8. The molecule has 0 spiro atoms. The molecular formula is C16H30N4. The van der Waals surface area contributed by atoms with Crippen LogP contribution in [-0.2, 0) is 6.42 Å². The number of hydrogen-bond donors (Lipinski definition) is 1. The third-order valence-corrected chi connectivity index (χ3v) is 3.83. The monoisotopic (exact) mass is 278 g/mol. The molecule has 0 fully saturated rings. The first-order chi connectivity index (χ1) is 9.54. The topological polar surface area (TPSA) is 55.0 Å². The Kier molecular flexibility index (Phi) is 6.76. The van der Waals surface area contributed by atoms with Crippen LogP contribution in [0.5, 0.6) is 0 Å². The molecule has 0 aromatic carbocycles. The molecular weight excluding hydrogens is 248 g/mol. The van der Waals surface area contributed by atoms with Crippen molar-refractivity contribution < 1.29 is 0 Å². The zero-order valence-electron chi connectivity index (χ0n) is 13.7. The zero-order chi connectivity index (χ0) is 15.1. The van der Waals surface area contributed by atoms with E-state index < -0.39 is 0 Å². The van der Waals surface area contributed by atoms with Gasteiger partial charge in [-0.3, -0.25) is 0 Å². The summed E-state index contributed by atoms with van der Waals surface area (Å²) in [4.78, 5) is 11.6. The summed E-state index contributed by atoms with van der Waals surface area (Å²) < 4.78 is 0. The minimum absolute atomic E-state index is 0.476. The summed E-state index contributed by atoms with van der Waals surface area (Å²) in [6, 6.07) is 0.476. The number of nitrogens with two attached hydrogens (primary N) is 1. The van der Waals surface area contributed by atoms with Gasteiger partial charge < -0.3 is 10.6 Å². The average Bonchev–Trinajstić information content (AvgIpc) is 2.44. The highest BCUT2D eigenvalue weighted by Crippen LogP contribution is 2.25. The molecule has 0 saturated carbocycles. The van der Waals surface area contributed by atoms with E-state index in [0.717, 1.165) is 43.0 Å². The highest BCUT2D eigenvalue weighted by Gasteiger charge is 2.19. The first-order valence-corrected chi connectivity index (χ1v) is 7.94. The first-order valence-electron chi connectivity index (χ1n) is 7.94. The van der Waals surface area contributed by atoms with E-state index in [0.29, 0.717) is 11.9 Å². The summed E-state index contributed by atoms with van der Waals surface area (Å²) in [6.07, 6.45) is 5.40. The van der Waals surface area contributed by atoms with Crippen LogP contribution in [0.25, 0.3) is 0 Å². The minimum atomic E-state index is 0.476. The van der Waals surface area contributed by atoms with Gasteiger partial charge in [0.15, 0.2) is 0 Å². The largest absolute Gasteiger partial charge is 0.383 e. The molecule has 2 N–H and O–H groups in total. The Labute approximate surface area is 123 Å². The number of aromatic nitrogens is 2. The van der Waals surface area contributed by atoms with Crippen molar-refractivity contribution in [3.8, 4) is 0 Å². The van der Waals surface area contributed by atoms with Crippen LogP contribution in [0.15, 0.2) is 0 Å². The lowest BCUT2D eigenvalue weighted by atomic mass is 10.1. The van der Waals surface area contributed by atoms with Gasteiger partial charge in [0.25, 0.3) is 0 Å². The van der Waals surface area contributed by atoms with Crippen molar-refractivity contribution in [1.82, 2.24) is 9.97 Å². The Morgan fingerprint density at radius 1 is 1.15 bits per heavy atom. The fourth-order valence-electron chi connectivity index (χ4n) is 2.27. The summed E-state index contributed by atoms with van der Waals surface area (Å²) in [6.45, 7) is 11.9. The molecule has 1 unspecified atom stereocenters. The standard InChI is InChI=1S/C16H30N4/c1-6-9-11-20(12(4)8-3)16-13(5)15(17)18-14(19-16)10-7-2/h12H,6-11H2,1-5H3,(H2,17,18,19). The van der Waals surface area contributed by atoms with E-state index in [4.69, 9.17) is 10.7 Å². The molecule has 0 radical (unpaired) electrons. The van der Waals surface area contributed by atoms with E-state index in [1.54, 1.807) is 0 Å². The van der Waals surface area contributed by atoms with Crippen LogP contribution in [0, 0.1) is 6.92 Å². The molecule has 0 amide bonds. The van der Waals surface area contributed by atoms with Crippen molar-refractivity contribution in [2.45, 2.75) is 72.8 Å². The number of unbranched alkanes of at least 4 members (excludes halogenated alkanes) is 1. The summed E-state index contributed by atoms with van der Waals surface area (Å²) in [5.74, 6) is 2.53. The minimum Gasteiger partial charge on any atom is -0.383 e. The maximum absolute atomic E-state index is 6.08. The molecule has 4 heteroatoms. The van der Waals surface area contributed by atoms with Gasteiger partial charge in [0, 0.05) is 24.6 Å². The molecule has 4 nitrogen and oxygen atoms in total. The molecule has 0 aliphatic carbocycles. The number of anilines is 2. The van der Waals surface area contributed by atoms with Crippen LogP contribution in [0.3, 0.4) is 0 Å². The van der Waals surface area contributed by atoms with Gasteiger partial charge in [-0.05, 0) is 33.1 Å².